The summed E-state index contributed by atoms with van der Waals surface area (Å²) in [7, 11) is 0. The summed E-state index contributed by atoms with van der Waals surface area (Å²) in [6.07, 6.45) is 1.66. The zero-order chi connectivity index (χ0) is 5.11. The van der Waals surface area contributed by atoms with Crippen molar-refractivity contribution in [2.24, 2.45) is 0 Å². The molecule has 0 amide bonds. The molecule has 0 aliphatic rings. The summed E-state index contributed by atoms with van der Waals surface area (Å²) in [5.41, 5.74) is 5.25. The topological polar surface area (TPSA) is 38.9 Å². The maximum absolute atomic E-state index is 5.25. The molecule has 0 bridgehead atoms. The molecule has 0 saturated heterocycles. The largest absolute Gasteiger partial charge is 0.384 e. The summed E-state index contributed by atoms with van der Waals surface area (Å²) in [4.78, 5) is 3.76. The van der Waals surface area contributed by atoms with Crippen molar-refractivity contribution in [1.29, 1.82) is 0 Å². The maximum atomic E-state index is 5.25. The van der Waals surface area contributed by atoms with E-state index in [4.69, 9.17) is 5.73 Å². The van der Waals surface area contributed by atoms with Gasteiger partial charge in [0.25, 0.3) is 0 Å². The van der Waals surface area contributed by atoms with Gasteiger partial charge in [0.1, 0.15) is 5.82 Å². The zero-order valence-electron chi connectivity index (χ0n) is 5.47. The van der Waals surface area contributed by atoms with E-state index < -0.39 is 0 Å². The molecule has 0 aliphatic heterocycles. The van der Waals surface area contributed by atoms with Crippen LogP contribution in [0.15, 0.2) is 24.4 Å². The van der Waals surface area contributed by atoms with E-state index in [1.165, 1.54) is 0 Å². The van der Waals surface area contributed by atoms with Crippen LogP contribution in [0.3, 0.4) is 0 Å². The molecule has 3 radical (unpaired) electrons. The average Bonchev–Trinajstić information content (AvgIpc) is 1.69. The van der Waals surface area contributed by atoms with Gasteiger partial charge in [0.05, 0.1) is 0 Å². The molecule has 5 heteroatoms. The Hall–Kier alpha value is 0.705. The van der Waals surface area contributed by atoms with Gasteiger partial charge in [-0.2, -0.15) is 9.90 Å². The quantitative estimate of drug-likeness (QED) is 0.494. The second-order valence-electron chi connectivity index (χ2n) is 1.25. The molecule has 0 aliphatic carbocycles. The van der Waals surface area contributed by atoms with Crippen molar-refractivity contribution in [3.05, 3.63) is 24.4 Å². The Morgan fingerprint density at radius 3 is 2.00 bits per heavy atom. The van der Waals surface area contributed by atoms with Crippen molar-refractivity contribution < 1.29 is 37.7 Å². The van der Waals surface area contributed by atoms with Gasteiger partial charge >= 0.3 is 0 Å². The van der Waals surface area contributed by atoms with Gasteiger partial charge in [-0.3, -0.25) is 0 Å². The van der Waals surface area contributed by atoms with Gasteiger partial charge < -0.3 is 5.73 Å². The fourth-order valence-electron chi connectivity index (χ4n) is 0.376. The fraction of sp³-hybridized carbons (Fsp3) is 0.167. The number of nitrogen functional groups attached to an aromatic ring is 1. The van der Waals surface area contributed by atoms with Crippen molar-refractivity contribution in [2.45, 2.75) is 7.43 Å². The van der Waals surface area contributed by atoms with E-state index in [9.17, 15) is 0 Å². The van der Waals surface area contributed by atoms with Crippen LogP contribution in [0.25, 0.3) is 0 Å². The van der Waals surface area contributed by atoms with E-state index in [0.29, 0.717) is 5.82 Å². The predicted molar refractivity (Wildman–Crippen MR) is 52.2 cm³/mol. The predicted octanol–water partition coefficient (Wildman–Crippen LogP) is 0.977. The van der Waals surface area contributed by atoms with Crippen LogP contribution in [0.5, 0.6) is 0 Å². The molecule has 2 nitrogen and oxygen atoms in total. The Morgan fingerprint density at radius 1 is 1.27 bits per heavy atom. The first-order chi connectivity index (χ1) is 3.39. The van der Waals surface area contributed by atoms with E-state index in [2.05, 4.69) is 4.98 Å². The van der Waals surface area contributed by atoms with Gasteiger partial charge in [0, 0.05) is 52.3 Å². The second kappa shape index (κ2) is 13.3. The van der Waals surface area contributed by atoms with Crippen LogP contribution in [0.2, 0.25) is 0 Å². The van der Waals surface area contributed by atoms with Crippen LogP contribution < -0.4 is 5.73 Å². The minimum Gasteiger partial charge on any atom is -0.384 e. The standard InChI is InChI=1S/C5H6N2.CH4.Ar.B.H3P/c6-5-3-1-2-4-7-5;;;;/h1-4H,(H2,6,7);1H4;;;1H3. The van der Waals surface area contributed by atoms with Crippen molar-refractivity contribution >= 4 is 24.1 Å². The third-order valence-electron chi connectivity index (χ3n) is 0.688. The van der Waals surface area contributed by atoms with Gasteiger partial charge in [0.15, 0.2) is 0 Å². The van der Waals surface area contributed by atoms with Crippen molar-refractivity contribution in [2.75, 3.05) is 5.73 Å². The first-order valence-electron chi connectivity index (χ1n) is 2.06. The third-order valence-corrected chi connectivity index (χ3v) is 0.688. The Kier molecular flexibility index (Phi) is 27.3. The van der Waals surface area contributed by atoms with Crippen molar-refractivity contribution in [1.82, 2.24) is 4.98 Å². The Labute approximate surface area is 104 Å². The molecule has 0 spiro atoms. The van der Waals surface area contributed by atoms with Gasteiger partial charge in [-0.05, 0) is 12.1 Å². The SMILES string of the molecule is C.Nc1ccccn1.P.[Ar].[B]. The molecule has 1 unspecified atom stereocenters. The maximum Gasteiger partial charge on any atom is 0.123 e. The number of aromatic nitrogens is 1. The summed E-state index contributed by atoms with van der Waals surface area (Å²) in [6, 6.07) is 5.43. The van der Waals surface area contributed by atoms with E-state index >= 15 is 0 Å². The van der Waals surface area contributed by atoms with Gasteiger partial charge in [-0.25, -0.2) is 4.98 Å². The number of nitrogens with two attached hydrogens (primary N) is 1. The van der Waals surface area contributed by atoms with E-state index in [-0.39, 0.29) is 63.5 Å². The summed E-state index contributed by atoms with van der Waals surface area (Å²) in [5, 5.41) is 0. The molecule has 1 heterocycles. The molecule has 11 heavy (non-hydrogen) atoms. The summed E-state index contributed by atoms with van der Waals surface area (Å²) in [6.45, 7) is 0. The fourth-order valence-corrected chi connectivity index (χ4v) is 0.376. The molecule has 1 atom stereocenters. The van der Waals surface area contributed by atoms with Crippen LogP contribution in [-0.2, 0) is 0 Å². The van der Waals surface area contributed by atoms with E-state index in [1.54, 1.807) is 12.3 Å². The van der Waals surface area contributed by atoms with Gasteiger partial charge in [0.2, 0.25) is 0 Å². The van der Waals surface area contributed by atoms with E-state index in [0.717, 1.165) is 0 Å². The smallest absolute Gasteiger partial charge is 0.123 e. The number of rotatable bonds is 0. The van der Waals surface area contributed by atoms with Crippen LogP contribution >= 0.6 is 9.90 Å². The third kappa shape index (κ3) is 10.7. The number of hydrogen-bond acceptors (Lipinski definition) is 2. The molecule has 2 N–H and O–H groups in total. The molecular formula is C6H13ArBN2P. The molecule has 1 aromatic heterocycles. The minimum atomic E-state index is 0. The summed E-state index contributed by atoms with van der Waals surface area (Å²) >= 11 is 0. The van der Waals surface area contributed by atoms with Crippen LogP contribution in [0, 0.1) is 37.7 Å². The van der Waals surface area contributed by atoms with E-state index in [1.807, 2.05) is 12.1 Å². The number of nitrogens with zero attached hydrogens (tertiary/aromatic N) is 1. The minimum absolute atomic E-state index is 0. The number of hydrogen-bond donors (Lipinski definition) is 1. The van der Waals surface area contributed by atoms with Crippen molar-refractivity contribution in [3.8, 4) is 0 Å². The molecule has 0 fully saturated rings. The van der Waals surface area contributed by atoms with Gasteiger partial charge in [-0.15, -0.1) is 0 Å². The van der Waals surface area contributed by atoms with Gasteiger partial charge in [-0.1, -0.05) is 13.5 Å². The summed E-state index contributed by atoms with van der Waals surface area (Å²) < 4.78 is 0. The van der Waals surface area contributed by atoms with Crippen molar-refractivity contribution in [3.63, 3.8) is 0 Å². The average molecular weight is 195 g/mol. The molecule has 1 rings (SSSR count). The Morgan fingerprint density at radius 2 is 1.82 bits per heavy atom. The monoisotopic (exact) mass is 195 g/mol. The first kappa shape index (κ1) is 22.6. The molecule has 63 valence electrons. The first-order valence-corrected chi connectivity index (χ1v) is 2.06. The molecular weight excluding hydrogens is 182 g/mol. The number of pyridine rings is 1. The molecule has 0 saturated carbocycles. The molecule has 1 aromatic rings. The van der Waals surface area contributed by atoms with Crippen LogP contribution in [0.4, 0.5) is 5.82 Å². The second-order valence-corrected chi connectivity index (χ2v) is 1.25. The molecule has 0 aromatic carbocycles. The summed E-state index contributed by atoms with van der Waals surface area (Å²) in [5.74, 6) is 0.572. The Balaban J connectivity index is -0.0000000612. The van der Waals surface area contributed by atoms with Crippen LogP contribution in [0.1, 0.15) is 7.43 Å². The number of anilines is 1. The zero-order valence-corrected chi connectivity index (χ0v) is 7.59. The van der Waals surface area contributed by atoms with Crippen LogP contribution in [-0.4, -0.2) is 13.4 Å². The Bertz CT molecular complexity index is 151. The normalized spacial score (nSPS) is 5.45.